The molecule has 0 unspecified atom stereocenters. The molecule has 0 aliphatic heterocycles. The first-order valence-corrected chi connectivity index (χ1v) is 7.43. The predicted octanol–water partition coefficient (Wildman–Crippen LogP) is 3.43. The molecule has 0 bridgehead atoms. The van der Waals surface area contributed by atoms with Gasteiger partial charge in [-0.25, -0.2) is 0 Å². The molecule has 23 heavy (non-hydrogen) atoms. The van der Waals surface area contributed by atoms with E-state index in [0.29, 0.717) is 19.5 Å². The van der Waals surface area contributed by atoms with Gasteiger partial charge in [-0.3, -0.25) is 4.79 Å². The number of carbonyl (C=O) groups excluding carboxylic acids is 1. The first kappa shape index (κ1) is 19.0. The molecule has 2 aromatic carbocycles. The Kier molecular flexibility index (Phi) is 8.16. The highest BCUT2D eigenvalue weighted by molar-refractivity contribution is 5.85. The number of para-hydroxylation sites is 2. The van der Waals surface area contributed by atoms with Gasteiger partial charge in [-0.15, -0.1) is 12.4 Å². The third kappa shape index (κ3) is 5.93. The lowest BCUT2D eigenvalue weighted by Gasteiger charge is -2.13. The number of hydrogen-bond donors (Lipinski definition) is 2. The Morgan fingerprint density at radius 2 is 1.70 bits per heavy atom. The first-order valence-electron chi connectivity index (χ1n) is 7.43. The second-order valence-electron chi connectivity index (χ2n) is 5.11. The molecule has 0 aliphatic rings. The number of halogens is 1. The van der Waals surface area contributed by atoms with Crippen molar-refractivity contribution in [1.82, 2.24) is 10.6 Å². The van der Waals surface area contributed by atoms with Crippen molar-refractivity contribution in [2.24, 2.45) is 0 Å². The summed E-state index contributed by atoms with van der Waals surface area (Å²) in [4.78, 5) is 11.7. The largest absolute Gasteiger partial charge is 0.457 e. The summed E-state index contributed by atoms with van der Waals surface area (Å²) in [6, 6.07) is 15.6. The van der Waals surface area contributed by atoms with Crippen molar-refractivity contribution < 1.29 is 9.53 Å². The van der Waals surface area contributed by atoms with Gasteiger partial charge in [0.15, 0.2) is 0 Å². The Morgan fingerprint density at radius 3 is 2.39 bits per heavy atom. The average molecular weight is 335 g/mol. The minimum absolute atomic E-state index is 0. The molecule has 0 aromatic heterocycles. The van der Waals surface area contributed by atoms with Crippen LogP contribution in [-0.4, -0.2) is 19.5 Å². The van der Waals surface area contributed by atoms with Crippen LogP contribution in [0.5, 0.6) is 11.5 Å². The number of hydrogen-bond acceptors (Lipinski definition) is 3. The third-order valence-electron chi connectivity index (χ3n) is 3.36. The van der Waals surface area contributed by atoms with Gasteiger partial charge < -0.3 is 15.4 Å². The van der Waals surface area contributed by atoms with Crippen LogP contribution in [0.4, 0.5) is 0 Å². The summed E-state index contributed by atoms with van der Waals surface area (Å²) in [7, 11) is 1.83. The fraction of sp³-hybridized carbons (Fsp3) is 0.278. The van der Waals surface area contributed by atoms with E-state index >= 15 is 0 Å². The maximum absolute atomic E-state index is 11.7. The monoisotopic (exact) mass is 334 g/mol. The smallest absolute Gasteiger partial charge is 0.221 e. The summed E-state index contributed by atoms with van der Waals surface area (Å²) in [6.45, 7) is 3.15. The molecule has 124 valence electrons. The van der Waals surface area contributed by atoms with Gasteiger partial charge in [0, 0.05) is 25.1 Å². The fourth-order valence-electron chi connectivity index (χ4n) is 2.06. The molecule has 0 radical (unpaired) electrons. The number of nitrogens with one attached hydrogen (secondary N) is 2. The molecule has 4 nitrogen and oxygen atoms in total. The molecule has 0 spiro atoms. The molecule has 0 heterocycles. The minimum Gasteiger partial charge on any atom is -0.457 e. The van der Waals surface area contributed by atoms with Crippen molar-refractivity contribution in [1.29, 1.82) is 0 Å². The Hall–Kier alpha value is -2.04. The lowest BCUT2D eigenvalue weighted by molar-refractivity contribution is -0.121. The molecule has 2 rings (SSSR count). The second-order valence-corrected chi connectivity index (χ2v) is 5.11. The van der Waals surface area contributed by atoms with E-state index in [1.54, 1.807) is 0 Å². The SMILES string of the molecule is CNCCC(=O)NCc1ccccc1Oc1ccccc1C.Cl. The summed E-state index contributed by atoms with van der Waals surface area (Å²) in [5.41, 5.74) is 2.04. The molecule has 0 fully saturated rings. The highest BCUT2D eigenvalue weighted by Crippen LogP contribution is 2.27. The number of amides is 1. The zero-order chi connectivity index (χ0) is 15.8. The van der Waals surface area contributed by atoms with Crippen LogP contribution in [0.2, 0.25) is 0 Å². The van der Waals surface area contributed by atoms with Crippen LogP contribution in [0.25, 0.3) is 0 Å². The lowest BCUT2D eigenvalue weighted by atomic mass is 10.2. The Morgan fingerprint density at radius 1 is 1.04 bits per heavy atom. The van der Waals surface area contributed by atoms with Crippen LogP contribution < -0.4 is 15.4 Å². The van der Waals surface area contributed by atoms with Crippen LogP contribution in [0.3, 0.4) is 0 Å². The Labute approximate surface area is 143 Å². The maximum atomic E-state index is 11.7. The highest BCUT2D eigenvalue weighted by atomic mass is 35.5. The molecule has 2 aromatic rings. The number of carbonyl (C=O) groups is 1. The van der Waals surface area contributed by atoms with Crippen LogP contribution >= 0.6 is 12.4 Å². The maximum Gasteiger partial charge on any atom is 0.221 e. The van der Waals surface area contributed by atoms with E-state index in [2.05, 4.69) is 10.6 Å². The molecule has 0 aliphatic carbocycles. The van der Waals surface area contributed by atoms with Gasteiger partial charge in [0.25, 0.3) is 0 Å². The van der Waals surface area contributed by atoms with Crippen molar-refractivity contribution >= 4 is 18.3 Å². The molecule has 5 heteroatoms. The molecule has 0 atom stereocenters. The van der Waals surface area contributed by atoms with E-state index in [9.17, 15) is 4.79 Å². The fourth-order valence-corrected chi connectivity index (χ4v) is 2.06. The van der Waals surface area contributed by atoms with Crippen molar-refractivity contribution in [3.8, 4) is 11.5 Å². The molecular weight excluding hydrogens is 312 g/mol. The standard InChI is InChI=1S/C18H22N2O2.ClH/c1-14-7-3-5-9-16(14)22-17-10-6-4-8-15(17)13-20-18(21)11-12-19-2;/h3-10,19H,11-13H2,1-2H3,(H,20,21);1H. The van der Waals surface area contributed by atoms with E-state index in [0.717, 1.165) is 22.6 Å². The summed E-state index contributed by atoms with van der Waals surface area (Å²) < 4.78 is 5.99. The van der Waals surface area contributed by atoms with Crippen molar-refractivity contribution in [3.63, 3.8) is 0 Å². The van der Waals surface area contributed by atoms with E-state index < -0.39 is 0 Å². The van der Waals surface area contributed by atoms with E-state index in [1.807, 2.05) is 62.5 Å². The third-order valence-corrected chi connectivity index (χ3v) is 3.36. The van der Waals surface area contributed by atoms with Crippen molar-refractivity contribution in [3.05, 3.63) is 59.7 Å². The molecule has 0 saturated carbocycles. The van der Waals surface area contributed by atoms with Crippen LogP contribution in [-0.2, 0) is 11.3 Å². The zero-order valence-electron chi connectivity index (χ0n) is 13.5. The van der Waals surface area contributed by atoms with Crippen LogP contribution in [0, 0.1) is 6.92 Å². The number of ether oxygens (including phenoxy) is 1. The van der Waals surface area contributed by atoms with Gasteiger partial charge in [-0.2, -0.15) is 0 Å². The summed E-state index contributed by atoms with van der Waals surface area (Å²) >= 11 is 0. The van der Waals surface area contributed by atoms with Crippen molar-refractivity contribution in [2.75, 3.05) is 13.6 Å². The topological polar surface area (TPSA) is 50.4 Å². The lowest BCUT2D eigenvalue weighted by Crippen LogP contribution is -2.26. The molecule has 1 amide bonds. The summed E-state index contributed by atoms with van der Waals surface area (Å²) in [5, 5.41) is 5.88. The number of benzene rings is 2. The van der Waals surface area contributed by atoms with E-state index in [-0.39, 0.29) is 18.3 Å². The number of rotatable bonds is 7. The minimum atomic E-state index is 0. The van der Waals surface area contributed by atoms with Crippen LogP contribution in [0.15, 0.2) is 48.5 Å². The normalized spacial score (nSPS) is 9.83. The van der Waals surface area contributed by atoms with Gasteiger partial charge in [-0.05, 0) is 31.7 Å². The van der Waals surface area contributed by atoms with Crippen LogP contribution in [0.1, 0.15) is 17.5 Å². The van der Waals surface area contributed by atoms with Gasteiger partial charge in [0.1, 0.15) is 11.5 Å². The Balaban J connectivity index is 0.00000264. The predicted molar refractivity (Wildman–Crippen MR) is 95.3 cm³/mol. The van der Waals surface area contributed by atoms with Gasteiger partial charge in [0.2, 0.25) is 5.91 Å². The Bertz CT molecular complexity index is 632. The van der Waals surface area contributed by atoms with E-state index in [1.165, 1.54) is 0 Å². The quantitative estimate of drug-likeness (QED) is 0.815. The van der Waals surface area contributed by atoms with Crippen molar-refractivity contribution in [2.45, 2.75) is 19.9 Å². The molecular formula is C18H23ClN2O2. The summed E-state index contributed by atoms with van der Waals surface area (Å²) in [6.07, 6.45) is 0.470. The highest BCUT2D eigenvalue weighted by Gasteiger charge is 2.07. The van der Waals surface area contributed by atoms with Gasteiger partial charge in [0.05, 0.1) is 0 Å². The second kappa shape index (κ2) is 9.87. The van der Waals surface area contributed by atoms with E-state index in [4.69, 9.17) is 4.74 Å². The molecule has 2 N–H and O–H groups in total. The zero-order valence-corrected chi connectivity index (χ0v) is 14.3. The number of aryl methyl sites for hydroxylation is 1. The average Bonchev–Trinajstić information content (AvgIpc) is 2.54. The first-order chi connectivity index (χ1) is 10.7. The van der Waals surface area contributed by atoms with Gasteiger partial charge >= 0.3 is 0 Å². The van der Waals surface area contributed by atoms with Gasteiger partial charge in [-0.1, -0.05) is 36.4 Å². The molecule has 0 saturated heterocycles. The summed E-state index contributed by atoms with van der Waals surface area (Å²) in [5.74, 6) is 1.63.